The predicted octanol–water partition coefficient (Wildman–Crippen LogP) is 3.16. The highest BCUT2D eigenvalue weighted by molar-refractivity contribution is 5.39. The smallest absolute Gasteiger partial charge is 0.0991 e. The number of hydrogen-bond acceptors (Lipinski definition) is 3. The van der Waals surface area contributed by atoms with Crippen LogP contribution in [0.5, 0.6) is 0 Å². The highest BCUT2D eigenvalue weighted by atomic mass is 16.5. The lowest BCUT2D eigenvalue weighted by Gasteiger charge is -2.36. The number of ether oxygens (including phenoxy) is 1. The van der Waals surface area contributed by atoms with Crippen LogP contribution in [0.15, 0.2) is 18.2 Å². The summed E-state index contributed by atoms with van der Waals surface area (Å²) in [5, 5.41) is 19.0. The summed E-state index contributed by atoms with van der Waals surface area (Å²) in [5.74, 6) is 0.438. The number of aliphatic hydroxyl groups is 1. The molecule has 20 heavy (non-hydrogen) atoms. The first-order chi connectivity index (χ1) is 9.54. The van der Waals surface area contributed by atoms with Gasteiger partial charge in [0.15, 0.2) is 0 Å². The first-order valence-corrected chi connectivity index (χ1v) is 7.37. The molecule has 0 aromatic heterocycles. The Morgan fingerprint density at radius 3 is 2.70 bits per heavy atom. The quantitative estimate of drug-likeness (QED) is 0.810. The number of benzene rings is 1. The van der Waals surface area contributed by atoms with Crippen molar-refractivity contribution in [3.05, 3.63) is 34.9 Å². The zero-order chi connectivity index (χ0) is 14.6. The second kappa shape index (κ2) is 6.39. The minimum atomic E-state index is -0.574. The summed E-state index contributed by atoms with van der Waals surface area (Å²) in [5.41, 5.74) is 2.58. The van der Waals surface area contributed by atoms with Crippen LogP contribution in [0, 0.1) is 11.3 Å². The van der Waals surface area contributed by atoms with Crippen molar-refractivity contribution < 1.29 is 9.84 Å². The van der Waals surface area contributed by atoms with Gasteiger partial charge >= 0.3 is 0 Å². The zero-order valence-corrected chi connectivity index (χ0v) is 12.4. The molecule has 3 heteroatoms. The molecule has 0 spiro atoms. The van der Waals surface area contributed by atoms with E-state index in [2.05, 4.69) is 19.9 Å². The van der Waals surface area contributed by atoms with Gasteiger partial charge in [-0.15, -0.1) is 0 Å². The van der Waals surface area contributed by atoms with E-state index in [-0.39, 0.29) is 0 Å². The van der Waals surface area contributed by atoms with Crippen molar-refractivity contribution in [2.75, 3.05) is 13.2 Å². The van der Waals surface area contributed by atoms with Crippen LogP contribution in [-0.4, -0.2) is 23.9 Å². The van der Waals surface area contributed by atoms with Crippen LogP contribution in [0.1, 0.15) is 55.7 Å². The molecule has 0 atom stereocenters. The fourth-order valence-corrected chi connectivity index (χ4v) is 2.63. The molecule has 0 amide bonds. The number of hydrogen-bond donors (Lipinski definition) is 1. The highest BCUT2D eigenvalue weighted by Crippen LogP contribution is 2.31. The van der Waals surface area contributed by atoms with Gasteiger partial charge in [-0.1, -0.05) is 19.9 Å². The molecule has 1 N–H and O–H groups in total. The van der Waals surface area contributed by atoms with Crippen LogP contribution < -0.4 is 0 Å². The van der Waals surface area contributed by atoms with E-state index in [9.17, 15) is 5.11 Å². The van der Waals surface area contributed by atoms with Crippen molar-refractivity contribution in [2.24, 2.45) is 0 Å². The molecule has 0 radical (unpaired) electrons. The van der Waals surface area contributed by atoms with Crippen molar-refractivity contribution >= 4 is 0 Å². The summed E-state index contributed by atoms with van der Waals surface area (Å²) >= 11 is 0. The molecule has 1 saturated carbocycles. The monoisotopic (exact) mass is 273 g/mol. The molecule has 2 rings (SSSR count). The van der Waals surface area contributed by atoms with Crippen molar-refractivity contribution in [1.29, 1.82) is 5.26 Å². The van der Waals surface area contributed by atoms with Gasteiger partial charge in [0, 0.05) is 0 Å². The van der Waals surface area contributed by atoms with Crippen molar-refractivity contribution in [3.8, 4) is 6.07 Å². The third-order valence-corrected chi connectivity index (χ3v) is 4.06. The Balaban J connectivity index is 1.92. The first kappa shape index (κ1) is 15.0. The van der Waals surface area contributed by atoms with Gasteiger partial charge in [0.05, 0.1) is 30.4 Å². The molecule has 0 bridgehead atoms. The summed E-state index contributed by atoms with van der Waals surface area (Å²) in [4.78, 5) is 0. The predicted molar refractivity (Wildman–Crippen MR) is 78.6 cm³/mol. The molecule has 0 aliphatic heterocycles. The van der Waals surface area contributed by atoms with E-state index < -0.39 is 5.60 Å². The lowest BCUT2D eigenvalue weighted by Crippen LogP contribution is -2.41. The Morgan fingerprint density at radius 2 is 2.15 bits per heavy atom. The Hall–Kier alpha value is -1.37. The van der Waals surface area contributed by atoms with Gasteiger partial charge in [-0.25, -0.2) is 0 Å². The van der Waals surface area contributed by atoms with E-state index in [4.69, 9.17) is 10.00 Å². The van der Waals surface area contributed by atoms with Gasteiger partial charge in [0.25, 0.3) is 0 Å². The molecule has 1 aliphatic carbocycles. The van der Waals surface area contributed by atoms with Crippen LogP contribution in [-0.2, 0) is 11.2 Å². The van der Waals surface area contributed by atoms with Crippen LogP contribution in [0.4, 0.5) is 0 Å². The van der Waals surface area contributed by atoms with E-state index in [1.807, 2.05) is 18.2 Å². The van der Waals surface area contributed by atoms with E-state index in [0.717, 1.165) is 25.7 Å². The molecular formula is C17H23NO2. The molecule has 0 heterocycles. The molecule has 108 valence electrons. The second-order valence-electron chi connectivity index (χ2n) is 6.06. The van der Waals surface area contributed by atoms with Gasteiger partial charge in [0.2, 0.25) is 0 Å². The maximum atomic E-state index is 9.96. The van der Waals surface area contributed by atoms with Gasteiger partial charge in [-0.05, 0) is 54.9 Å². The van der Waals surface area contributed by atoms with Crippen LogP contribution in [0.25, 0.3) is 0 Å². The van der Waals surface area contributed by atoms with Crippen molar-refractivity contribution in [1.82, 2.24) is 0 Å². The minimum absolute atomic E-state index is 0.432. The zero-order valence-electron chi connectivity index (χ0n) is 12.4. The maximum absolute atomic E-state index is 9.96. The van der Waals surface area contributed by atoms with Crippen molar-refractivity contribution in [3.63, 3.8) is 0 Å². The summed E-state index contributed by atoms with van der Waals surface area (Å²) in [6.45, 7) is 5.34. The lowest BCUT2D eigenvalue weighted by molar-refractivity contribution is -0.0952. The normalized spacial score (nSPS) is 16.8. The summed E-state index contributed by atoms with van der Waals surface area (Å²) in [6.07, 6.45) is 3.60. The lowest BCUT2D eigenvalue weighted by atomic mass is 9.81. The van der Waals surface area contributed by atoms with Crippen LogP contribution in [0.3, 0.4) is 0 Å². The highest BCUT2D eigenvalue weighted by Gasteiger charge is 2.34. The van der Waals surface area contributed by atoms with E-state index in [0.29, 0.717) is 24.7 Å². The summed E-state index contributed by atoms with van der Waals surface area (Å²) < 4.78 is 5.62. The summed E-state index contributed by atoms with van der Waals surface area (Å²) in [6, 6.07) is 8.05. The number of nitrogens with zero attached hydrogens (tertiary/aromatic N) is 1. The third-order valence-electron chi connectivity index (χ3n) is 4.06. The largest absolute Gasteiger partial charge is 0.387 e. The Bertz CT molecular complexity index is 498. The van der Waals surface area contributed by atoms with Crippen LogP contribution in [0.2, 0.25) is 0 Å². The van der Waals surface area contributed by atoms with Gasteiger partial charge in [0.1, 0.15) is 0 Å². The molecule has 0 saturated heterocycles. The SMILES string of the molecule is CC(C)c1ccc(C#N)cc1CCOCC1(O)CCC1. The average Bonchev–Trinajstić information content (AvgIpc) is 2.41. The molecule has 1 aromatic carbocycles. The third kappa shape index (κ3) is 3.59. The van der Waals surface area contributed by atoms with Gasteiger partial charge in [-0.2, -0.15) is 5.26 Å². The van der Waals surface area contributed by atoms with Crippen molar-refractivity contribution in [2.45, 2.75) is 51.0 Å². The molecule has 1 aliphatic rings. The van der Waals surface area contributed by atoms with E-state index >= 15 is 0 Å². The Kier molecular flexibility index (Phi) is 4.80. The molecular weight excluding hydrogens is 250 g/mol. The van der Waals surface area contributed by atoms with Gasteiger partial charge < -0.3 is 9.84 Å². The molecule has 1 fully saturated rings. The maximum Gasteiger partial charge on any atom is 0.0991 e. The number of rotatable bonds is 6. The fourth-order valence-electron chi connectivity index (χ4n) is 2.63. The molecule has 0 unspecified atom stereocenters. The second-order valence-corrected chi connectivity index (χ2v) is 6.06. The molecule has 3 nitrogen and oxygen atoms in total. The first-order valence-electron chi connectivity index (χ1n) is 7.37. The van der Waals surface area contributed by atoms with E-state index in [1.165, 1.54) is 11.1 Å². The minimum Gasteiger partial charge on any atom is -0.387 e. The average molecular weight is 273 g/mol. The number of nitriles is 1. The Morgan fingerprint density at radius 1 is 1.40 bits per heavy atom. The summed E-state index contributed by atoms with van der Waals surface area (Å²) in [7, 11) is 0. The van der Waals surface area contributed by atoms with Gasteiger partial charge in [-0.3, -0.25) is 0 Å². The Labute approximate surface area is 121 Å². The topological polar surface area (TPSA) is 53.2 Å². The van der Waals surface area contributed by atoms with E-state index in [1.54, 1.807) is 0 Å². The standard InChI is InChI=1S/C17H23NO2/c1-13(2)16-5-4-14(11-18)10-15(16)6-9-20-12-17(19)7-3-8-17/h4-5,10,13,19H,3,6-9,12H2,1-2H3. The fraction of sp³-hybridized carbons (Fsp3) is 0.588. The molecule has 1 aromatic rings. The van der Waals surface area contributed by atoms with Crippen LogP contribution >= 0.6 is 0 Å².